The Bertz CT molecular complexity index is 649. The van der Waals surface area contributed by atoms with Crippen LogP contribution in [0.15, 0.2) is 34.7 Å². The molecule has 21 heavy (non-hydrogen) atoms. The van der Waals surface area contributed by atoms with Crippen LogP contribution in [0.1, 0.15) is 30.1 Å². The summed E-state index contributed by atoms with van der Waals surface area (Å²) >= 11 is 0. The Labute approximate surface area is 122 Å². The molecule has 0 spiro atoms. The van der Waals surface area contributed by atoms with Crippen LogP contribution in [0.4, 0.5) is 11.4 Å². The molecule has 6 nitrogen and oxygen atoms in total. The molecule has 1 aromatic carbocycles. The highest BCUT2D eigenvalue weighted by atomic mass is 16.6. The number of hydrogen-bond acceptors (Lipinski definition) is 5. The second kappa shape index (κ2) is 5.97. The van der Waals surface area contributed by atoms with Crippen molar-refractivity contribution in [2.24, 2.45) is 0 Å². The average Bonchev–Trinajstić information content (AvgIpc) is 2.83. The fourth-order valence-corrected chi connectivity index (χ4v) is 2.16. The van der Waals surface area contributed by atoms with Crippen LogP contribution in [0.3, 0.4) is 0 Å². The van der Waals surface area contributed by atoms with E-state index in [0.29, 0.717) is 17.8 Å². The summed E-state index contributed by atoms with van der Waals surface area (Å²) in [4.78, 5) is 12.5. The maximum atomic E-state index is 11.2. The van der Waals surface area contributed by atoms with Gasteiger partial charge in [-0.15, -0.1) is 0 Å². The van der Waals surface area contributed by atoms with E-state index in [9.17, 15) is 15.2 Å². The molecule has 0 saturated heterocycles. The fourth-order valence-electron chi connectivity index (χ4n) is 2.16. The number of aliphatic hydroxyl groups excluding tert-OH is 1. The van der Waals surface area contributed by atoms with E-state index in [-0.39, 0.29) is 5.69 Å². The number of aliphatic hydroxyl groups is 1. The predicted molar refractivity (Wildman–Crippen MR) is 79.3 cm³/mol. The largest absolute Gasteiger partial charge is 0.464 e. The second-order valence-electron chi connectivity index (χ2n) is 5.05. The minimum Gasteiger partial charge on any atom is -0.464 e. The van der Waals surface area contributed by atoms with Crippen LogP contribution < -0.4 is 4.90 Å². The first kappa shape index (κ1) is 15.1. The number of anilines is 1. The number of rotatable bonds is 5. The normalized spacial score (nSPS) is 12.2. The molecular formula is C15H18N2O4. The highest BCUT2D eigenvalue weighted by Crippen LogP contribution is 2.31. The molecule has 1 aromatic heterocycles. The van der Waals surface area contributed by atoms with Crippen molar-refractivity contribution < 1.29 is 14.4 Å². The third kappa shape index (κ3) is 3.41. The molecule has 0 bridgehead atoms. The summed E-state index contributed by atoms with van der Waals surface area (Å²) in [5, 5.41) is 20.8. The van der Waals surface area contributed by atoms with Gasteiger partial charge in [-0.2, -0.15) is 0 Å². The maximum Gasteiger partial charge on any atom is 0.292 e. The highest BCUT2D eigenvalue weighted by Gasteiger charge is 2.20. The van der Waals surface area contributed by atoms with Gasteiger partial charge in [-0.25, -0.2) is 0 Å². The Morgan fingerprint density at radius 3 is 2.62 bits per heavy atom. The summed E-state index contributed by atoms with van der Waals surface area (Å²) < 4.78 is 5.49. The monoisotopic (exact) mass is 290 g/mol. The molecule has 0 amide bonds. The average molecular weight is 290 g/mol. The molecule has 2 rings (SSSR count). The topological polar surface area (TPSA) is 79.8 Å². The van der Waals surface area contributed by atoms with Gasteiger partial charge in [-0.1, -0.05) is 6.07 Å². The Balaban J connectivity index is 2.31. The first-order valence-corrected chi connectivity index (χ1v) is 6.61. The van der Waals surface area contributed by atoms with Gasteiger partial charge < -0.3 is 14.4 Å². The van der Waals surface area contributed by atoms with Crippen LogP contribution in [-0.4, -0.2) is 17.1 Å². The summed E-state index contributed by atoms with van der Waals surface area (Å²) in [5.74, 6) is 1.54. The van der Waals surface area contributed by atoms with E-state index in [1.54, 1.807) is 31.0 Å². The minimum atomic E-state index is -0.740. The van der Waals surface area contributed by atoms with E-state index in [4.69, 9.17) is 4.42 Å². The van der Waals surface area contributed by atoms with Gasteiger partial charge in [0.1, 0.15) is 17.2 Å². The zero-order chi connectivity index (χ0) is 15.6. The van der Waals surface area contributed by atoms with Crippen molar-refractivity contribution in [1.29, 1.82) is 0 Å². The highest BCUT2D eigenvalue weighted by molar-refractivity contribution is 5.64. The Hall–Kier alpha value is -2.34. The van der Waals surface area contributed by atoms with Crippen molar-refractivity contribution in [2.75, 3.05) is 11.9 Å². The number of benzene rings is 1. The lowest BCUT2D eigenvalue weighted by Gasteiger charge is -2.18. The number of nitrogens with zero attached hydrogens (tertiary/aromatic N) is 2. The quantitative estimate of drug-likeness (QED) is 0.675. The van der Waals surface area contributed by atoms with Gasteiger partial charge in [0.15, 0.2) is 0 Å². The van der Waals surface area contributed by atoms with E-state index >= 15 is 0 Å². The molecule has 0 fully saturated rings. The minimum absolute atomic E-state index is 0.0285. The summed E-state index contributed by atoms with van der Waals surface area (Å²) in [6.07, 6.45) is -0.740. The van der Waals surface area contributed by atoms with Gasteiger partial charge in [0, 0.05) is 13.1 Å². The Morgan fingerprint density at radius 2 is 2.10 bits per heavy atom. The number of furan rings is 1. The molecule has 2 aromatic rings. The van der Waals surface area contributed by atoms with Crippen LogP contribution in [0.5, 0.6) is 0 Å². The van der Waals surface area contributed by atoms with Crippen LogP contribution in [0.2, 0.25) is 0 Å². The number of nitro benzene ring substituents is 1. The van der Waals surface area contributed by atoms with Gasteiger partial charge in [-0.05, 0) is 37.6 Å². The third-order valence-corrected chi connectivity index (χ3v) is 3.28. The predicted octanol–water partition coefficient (Wildman–Crippen LogP) is 3.19. The van der Waals surface area contributed by atoms with Crippen molar-refractivity contribution in [1.82, 2.24) is 0 Å². The van der Waals surface area contributed by atoms with Crippen molar-refractivity contribution in [3.63, 3.8) is 0 Å². The molecule has 0 aliphatic carbocycles. The first-order chi connectivity index (χ1) is 9.88. The molecule has 6 heteroatoms. The SMILES string of the molecule is Cc1ccc(CN(C)c2ccc(C(C)O)cc2[N+](=O)[O-])o1. The molecular weight excluding hydrogens is 272 g/mol. The van der Waals surface area contributed by atoms with Crippen LogP contribution in [0, 0.1) is 17.0 Å². The van der Waals surface area contributed by atoms with Gasteiger partial charge in [0.2, 0.25) is 0 Å². The van der Waals surface area contributed by atoms with Gasteiger partial charge in [0.25, 0.3) is 5.69 Å². The summed E-state index contributed by atoms with van der Waals surface area (Å²) in [5.41, 5.74) is 0.977. The molecule has 0 radical (unpaired) electrons. The lowest BCUT2D eigenvalue weighted by atomic mass is 10.1. The molecule has 112 valence electrons. The van der Waals surface area contributed by atoms with E-state index < -0.39 is 11.0 Å². The first-order valence-electron chi connectivity index (χ1n) is 6.61. The van der Waals surface area contributed by atoms with Gasteiger partial charge in [-0.3, -0.25) is 10.1 Å². The second-order valence-corrected chi connectivity index (χ2v) is 5.05. The van der Waals surface area contributed by atoms with Crippen LogP contribution >= 0.6 is 0 Å². The third-order valence-electron chi connectivity index (χ3n) is 3.28. The molecule has 0 aliphatic rings. The van der Waals surface area contributed by atoms with Gasteiger partial charge in [0.05, 0.1) is 17.6 Å². The molecule has 0 saturated carbocycles. The maximum absolute atomic E-state index is 11.2. The Kier molecular flexibility index (Phi) is 4.28. The van der Waals surface area contributed by atoms with Crippen molar-refractivity contribution in [2.45, 2.75) is 26.5 Å². The van der Waals surface area contributed by atoms with Crippen molar-refractivity contribution in [3.8, 4) is 0 Å². The van der Waals surface area contributed by atoms with Crippen LogP contribution in [0.25, 0.3) is 0 Å². The Morgan fingerprint density at radius 1 is 1.38 bits per heavy atom. The number of nitro groups is 1. The molecule has 1 N–H and O–H groups in total. The fraction of sp³-hybridized carbons (Fsp3) is 0.333. The van der Waals surface area contributed by atoms with Crippen molar-refractivity contribution >= 4 is 11.4 Å². The van der Waals surface area contributed by atoms with Crippen molar-refractivity contribution in [3.05, 3.63) is 57.5 Å². The summed E-state index contributed by atoms with van der Waals surface area (Å²) in [6.45, 7) is 3.86. The molecule has 1 heterocycles. The summed E-state index contributed by atoms with van der Waals surface area (Å²) in [6, 6.07) is 8.45. The molecule has 1 unspecified atom stereocenters. The van der Waals surface area contributed by atoms with Crippen LogP contribution in [-0.2, 0) is 6.54 Å². The zero-order valence-electron chi connectivity index (χ0n) is 12.2. The van der Waals surface area contributed by atoms with E-state index in [1.807, 2.05) is 19.1 Å². The van der Waals surface area contributed by atoms with Gasteiger partial charge >= 0.3 is 0 Å². The van der Waals surface area contributed by atoms with E-state index in [2.05, 4.69) is 0 Å². The molecule has 0 aliphatic heterocycles. The molecule has 1 atom stereocenters. The van der Waals surface area contributed by atoms with E-state index in [1.165, 1.54) is 6.07 Å². The lowest BCUT2D eigenvalue weighted by Crippen LogP contribution is -2.17. The summed E-state index contributed by atoms with van der Waals surface area (Å²) in [7, 11) is 1.77. The van der Waals surface area contributed by atoms with E-state index in [0.717, 1.165) is 11.5 Å². The number of hydrogen-bond donors (Lipinski definition) is 1. The smallest absolute Gasteiger partial charge is 0.292 e. The lowest BCUT2D eigenvalue weighted by molar-refractivity contribution is -0.384. The zero-order valence-corrected chi connectivity index (χ0v) is 12.2. The standard InChI is InChI=1S/C15H18N2O4/c1-10-4-6-13(21-10)9-16(3)14-7-5-12(11(2)18)8-15(14)17(19)20/h4-8,11,18H,9H2,1-3H3. The number of aryl methyl sites for hydroxylation is 1.